The zero-order chi connectivity index (χ0) is 23.8. The molecule has 0 spiro atoms. The van der Waals surface area contributed by atoms with Gasteiger partial charge in [-0.05, 0) is 28.8 Å². The second-order valence-electron chi connectivity index (χ2n) is 7.03. The number of carbonyl (C=O) groups excluding carboxylic acids is 3. The minimum atomic E-state index is -0.754. The van der Waals surface area contributed by atoms with Crippen LogP contribution in [0.4, 0.5) is 0 Å². The van der Waals surface area contributed by atoms with E-state index in [-0.39, 0.29) is 11.5 Å². The molecule has 0 aliphatic rings. The number of hydrogen-bond acceptors (Lipinski definition) is 8. The quantitative estimate of drug-likeness (QED) is 0.314. The Balaban J connectivity index is 2.11. The summed E-state index contributed by atoms with van der Waals surface area (Å²) >= 11 is 0. The lowest BCUT2D eigenvalue weighted by Crippen LogP contribution is -2.19. The molecule has 3 aromatic carbocycles. The average molecular weight is 449 g/mol. The van der Waals surface area contributed by atoms with Gasteiger partial charge in [0.05, 0.1) is 0 Å². The Hall–Kier alpha value is -4.01. The molecule has 8 heteroatoms. The second kappa shape index (κ2) is 11.0. The maximum absolute atomic E-state index is 12.2. The van der Waals surface area contributed by atoms with Crippen LogP contribution in [0, 0.1) is 0 Å². The summed E-state index contributed by atoms with van der Waals surface area (Å²) in [6.07, 6.45) is -0.754. The summed E-state index contributed by atoms with van der Waals surface area (Å²) in [5.41, 5.74) is 2.80. The van der Waals surface area contributed by atoms with E-state index in [9.17, 15) is 14.4 Å². The van der Waals surface area contributed by atoms with Crippen LogP contribution in [-0.2, 0) is 24.0 Å². The molecule has 0 radical (unpaired) electrons. The van der Waals surface area contributed by atoms with E-state index in [0.717, 1.165) is 11.1 Å². The van der Waals surface area contributed by atoms with Crippen molar-refractivity contribution in [3.63, 3.8) is 0 Å². The molecule has 0 amide bonds. The zero-order valence-electron chi connectivity index (χ0n) is 18.1. The number of carbonyl (C=O) groups is 3. The van der Waals surface area contributed by atoms with Crippen molar-refractivity contribution in [2.75, 3.05) is 6.61 Å². The van der Waals surface area contributed by atoms with Gasteiger partial charge in [0.15, 0.2) is 24.2 Å². The van der Waals surface area contributed by atoms with Crippen LogP contribution in [-0.4, -0.2) is 24.5 Å². The number of benzene rings is 3. The first kappa shape index (κ1) is 23.6. The fourth-order valence-corrected chi connectivity index (χ4v) is 3.31. The van der Waals surface area contributed by atoms with Crippen LogP contribution >= 0.6 is 0 Å². The smallest absolute Gasteiger partial charge is 0.335 e. The number of hydrogen-bond donors (Lipinski definition) is 1. The van der Waals surface area contributed by atoms with Crippen molar-refractivity contribution in [3.8, 4) is 22.6 Å². The second-order valence-corrected chi connectivity index (χ2v) is 7.03. The maximum atomic E-state index is 12.2. The Morgan fingerprint density at radius 1 is 0.818 bits per heavy atom. The summed E-state index contributed by atoms with van der Waals surface area (Å²) in [6, 6.07) is 21.4. The van der Waals surface area contributed by atoms with Gasteiger partial charge in [-0.3, -0.25) is 14.4 Å². The third-order valence-corrected chi connectivity index (χ3v) is 4.56. The molecule has 0 saturated carbocycles. The van der Waals surface area contributed by atoms with Gasteiger partial charge < -0.3 is 14.2 Å². The molecule has 0 fully saturated rings. The fraction of sp³-hybridized carbons (Fsp3) is 0.160. The van der Waals surface area contributed by atoms with E-state index >= 15 is 0 Å². The van der Waals surface area contributed by atoms with Gasteiger partial charge in [-0.1, -0.05) is 60.7 Å². The van der Waals surface area contributed by atoms with Crippen molar-refractivity contribution in [3.05, 3.63) is 83.9 Å². The predicted octanol–water partition coefficient (Wildman–Crippen LogP) is 3.73. The van der Waals surface area contributed by atoms with Gasteiger partial charge in [0.1, 0.15) is 0 Å². The highest BCUT2D eigenvalue weighted by Crippen LogP contribution is 2.38. The van der Waals surface area contributed by atoms with Crippen LogP contribution in [0.25, 0.3) is 11.1 Å². The number of ether oxygens (including phenoxy) is 3. The van der Waals surface area contributed by atoms with Crippen LogP contribution in [0.15, 0.2) is 72.8 Å². The van der Waals surface area contributed by atoms with Crippen LogP contribution in [0.5, 0.6) is 11.5 Å². The van der Waals surface area contributed by atoms with Gasteiger partial charge in [-0.15, -0.1) is 0 Å². The van der Waals surface area contributed by atoms with Gasteiger partial charge in [0, 0.05) is 19.4 Å². The van der Waals surface area contributed by atoms with Gasteiger partial charge in [0.25, 0.3) is 0 Å². The van der Waals surface area contributed by atoms with Crippen molar-refractivity contribution in [1.29, 1.82) is 0 Å². The van der Waals surface area contributed by atoms with E-state index in [1.54, 1.807) is 12.1 Å². The van der Waals surface area contributed by atoms with E-state index in [4.69, 9.17) is 20.1 Å². The molecule has 3 rings (SSSR count). The standard InChI is InChI=1S/C25H23NO7/c1-16(27)31-22-13-12-19(14-23(22)32-17(2)28)20-10-6-7-11-21(20)25(33-24(29)15-30-26)18-8-4-3-5-9-18/h3-14,25H,15,26H2,1-2H3. The Morgan fingerprint density at radius 2 is 1.45 bits per heavy atom. The monoisotopic (exact) mass is 449 g/mol. The Labute approximate surface area is 190 Å². The van der Waals surface area contributed by atoms with Crippen LogP contribution in [0.2, 0.25) is 0 Å². The highest BCUT2D eigenvalue weighted by molar-refractivity contribution is 5.78. The molecular weight excluding hydrogens is 426 g/mol. The lowest BCUT2D eigenvalue weighted by Gasteiger charge is -2.22. The highest BCUT2D eigenvalue weighted by atomic mass is 16.6. The van der Waals surface area contributed by atoms with Crippen molar-refractivity contribution in [2.24, 2.45) is 5.90 Å². The van der Waals surface area contributed by atoms with Gasteiger partial charge in [-0.2, -0.15) is 0 Å². The molecule has 170 valence electrons. The summed E-state index contributed by atoms with van der Waals surface area (Å²) in [5.74, 6) is 3.50. The van der Waals surface area contributed by atoms with Crippen molar-refractivity contribution in [2.45, 2.75) is 20.0 Å². The molecule has 0 saturated heterocycles. The average Bonchev–Trinajstić information content (AvgIpc) is 2.79. The van der Waals surface area contributed by atoms with E-state index in [2.05, 4.69) is 4.84 Å². The minimum absolute atomic E-state index is 0.0924. The van der Waals surface area contributed by atoms with E-state index in [0.29, 0.717) is 11.1 Å². The van der Waals surface area contributed by atoms with Crippen LogP contribution < -0.4 is 15.4 Å². The normalized spacial score (nSPS) is 11.4. The number of esters is 3. The first-order valence-electron chi connectivity index (χ1n) is 10.1. The molecule has 1 unspecified atom stereocenters. The lowest BCUT2D eigenvalue weighted by molar-refractivity contribution is -0.153. The molecule has 2 N–H and O–H groups in total. The molecule has 3 aromatic rings. The molecule has 0 bridgehead atoms. The van der Waals surface area contributed by atoms with Crippen molar-refractivity contribution >= 4 is 17.9 Å². The molecule has 0 aromatic heterocycles. The first-order chi connectivity index (χ1) is 15.9. The largest absolute Gasteiger partial charge is 0.451 e. The molecule has 1 atom stereocenters. The summed E-state index contributed by atoms with van der Waals surface area (Å²) in [7, 11) is 0. The molecular formula is C25H23NO7. The summed E-state index contributed by atoms with van der Waals surface area (Å²) in [5, 5.41) is 0. The van der Waals surface area contributed by atoms with Gasteiger partial charge >= 0.3 is 17.9 Å². The Kier molecular flexibility index (Phi) is 7.91. The molecule has 0 aliphatic heterocycles. The SMILES string of the molecule is CC(=O)Oc1ccc(-c2ccccc2C(OC(=O)CON)c2ccccc2)cc1OC(C)=O. The van der Waals surface area contributed by atoms with Crippen LogP contribution in [0.1, 0.15) is 31.1 Å². The maximum Gasteiger partial charge on any atom is 0.335 e. The summed E-state index contributed by atoms with van der Waals surface area (Å²) in [4.78, 5) is 39.7. The van der Waals surface area contributed by atoms with Crippen molar-refractivity contribution < 1.29 is 33.4 Å². The molecule has 0 heterocycles. The van der Waals surface area contributed by atoms with Gasteiger partial charge in [-0.25, -0.2) is 10.7 Å². The Morgan fingerprint density at radius 3 is 2.12 bits per heavy atom. The third-order valence-electron chi connectivity index (χ3n) is 4.56. The fourth-order valence-electron chi connectivity index (χ4n) is 3.31. The lowest BCUT2D eigenvalue weighted by atomic mass is 9.92. The number of nitrogens with two attached hydrogens (primary N) is 1. The summed E-state index contributed by atoms with van der Waals surface area (Å²) < 4.78 is 16.1. The number of rotatable bonds is 8. The van der Waals surface area contributed by atoms with Crippen molar-refractivity contribution in [1.82, 2.24) is 0 Å². The van der Waals surface area contributed by atoms with E-state index < -0.39 is 30.6 Å². The summed E-state index contributed by atoms with van der Waals surface area (Å²) in [6.45, 7) is 2.10. The van der Waals surface area contributed by atoms with Gasteiger partial charge in [0.2, 0.25) is 0 Å². The molecule has 0 aliphatic carbocycles. The highest BCUT2D eigenvalue weighted by Gasteiger charge is 2.23. The molecule has 8 nitrogen and oxygen atoms in total. The minimum Gasteiger partial charge on any atom is -0.451 e. The van der Waals surface area contributed by atoms with E-state index in [1.165, 1.54) is 19.9 Å². The predicted molar refractivity (Wildman–Crippen MR) is 119 cm³/mol. The first-order valence-corrected chi connectivity index (χ1v) is 10.1. The van der Waals surface area contributed by atoms with E-state index in [1.807, 2.05) is 54.6 Å². The third kappa shape index (κ3) is 6.25. The topological polar surface area (TPSA) is 114 Å². The molecule has 33 heavy (non-hydrogen) atoms. The van der Waals surface area contributed by atoms with Crippen LogP contribution in [0.3, 0.4) is 0 Å². The zero-order valence-corrected chi connectivity index (χ0v) is 18.1. The Bertz CT molecular complexity index is 1140.